The molecular weight excluding hydrogens is 505 g/mol. The summed E-state index contributed by atoms with van der Waals surface area (Å²) < 4.78 is 49.9. The molecule has 0 spiro atoms. The summed E-state index contributed by atoms with van der Waals surface area (Å²) in [5, 5.41) is 4.95. The van der Waals surface area contributed by atoms with Crippen LogP contribution in [0.5, 0.6) is 11.5 Å². The van der Waals surface area contributed by atoms with Crippen LogP contribution in [0.25, 0.3) is 0 Å². The molecule has 3 aromatic carbocycles. The molecular formula is C24H20ClF3N2O4S. The van der Waals surface area contributed by atoms with Gasteiger partial charge in [0.2, 0.25) is 5.91 Å². The minimum Gasteiger partial charge on any atom is -0.493 e. The molecule has 0 unspecified atom stereocenters. The summed E-state index contributed by atoms with van der Waals surface area (Å²) in [5.74, 6) is -0.147. The first-order valence-corrected chi connectivity index (χ1v) is 11.4. The molecule has 0 saturated carbocycles. The van der Waals surface area contributed by atoms with E-state index in [2.05, 4.69) is 10.6 Å². The largest absolute Gasteiger partial charge is 0.493 e. The van der Waals surface area contributed by atoms with Gasteiger partial charge < -0.3 is 20.1 Å². The Morgan fingerprint density at radius 3 is 2.23 bits per heavy atom. The van der Waals surface area contributed by atoms with Crippen molar-refractivity contribution in [2.24, 2.45) is 0 Å². The van der Waals surface area contributed by atoms with Gasteiger partial charge in [-0.15, -0.1) is 11.8 Å². The monoisotopic (exact) mass is 524 g/mol. The lowest BCUT2D eigenvalue weighted by Crippen LogP contribution is -2.18. The molecule has 35 heavy (non-hydrogen) atoms. The number of carbonyl (C=O) groups excluding carboxylic acids is 2. The van der Waals surface area contributed by atoms with Crippen molar-refractivity contribution in [3.63, 3.8) is 0 Å². The number of alkyl halides is 3. The first-order chi connectivity index (χ1) is 16.6. The van der Waals surface area contributed by atoms with Crippen molar-refractivity contribution in [3.8, 4) is 11.5 Å². The zero-order chi connectivity index (χ0) is 25.6. The van der Waals surface area contributed by atoms with Crippen LogP contribution in [0.15, 0.2) is 65.6 Å². The summed E-state index contributed by atoms with van der Waals surface area (Å²) in [6.07, 6.45) is -4.65. The lowest BCUT2D eigenvalue weighted by Gasteiger charge is -2.14. The highest BCUT2D eigenvalue weighted by molar-refractivity contribution is 8.00. The normalized spacial score (nSPS) is 11.0. The van der Waals surface area contributed by atoms with Gasteiger partial charge in [-0.1, -0.05) is 11.6 Å². The average Bonchev–Trinajstić information content (AvgIpc) is 2.83. The van der Waals surface area contributed by atoms with Crippen LogP contribution < -0.4 is 20.1 Å². The van der Waals surface area contributed by atoms with Crippen LogP contribution in [0.1, 0.15) is 15.9 Å². The van der Waals surface area contributed by atoms with Gasteiger partial charge in [-0.2, -0.15) is 13.2 Å². The lowest BCUT2D eigenvalue weighted by molar-refractivity contribution is -0.137. The van der Waals surface area contributed by atoms with Crippen molar-refractivity contribution >= 4 is 46.6 Å². The average molecular weight is 525 g/mol. The fraction of sp³-hybridized carbons (Fsp3) is 0.167. The van der Waals surface area contributed by atoms with Crippen LogP contribution in [0, 0.1) is 0 Å². The number of amides is 2. The molecule has 0 bridgehead atoms. The van der Waals surface area contributed by atoms with Crippen molar-refractivity contribution in [2.75, 3.05) is 30.6 Å². The molecule has 0 aliphatic rings. The van der Waals surface area contributed by atoms with Gasteiger partial charge in [-0.05, 0) is 60.7 Å². The van der Waals surface area contributed by atoms with Crippen LogP contribution >= 0.6 is 23.4 Å². The van der Waals surface area contributed by atoms with E-state index < -0.39 is 17.6 Å². The molecule has 0 radical (unpaired) electrons. The van der Waals surface area contributed by atoms with Crippen molar-refractivity contribution in [3.05, 3.63) is 76.8 Å². The number of thioether (sulfide) groups is 1. The highest BCUT2D eigenvalue weighted by atomic mass is 35.5. The molecule has 6 nitrogen and oxygen atoms in total. The van der Waals surface area contributed by atoms with Gasteiger partial charge >= 0.3 is 6.18 Å². The summed E-state index contributed by atoms with van der Waals surface area (Å²) in [4.78, 5) is 25.4. The Kier molecular flexibility index (Phi) is 8.52. The summed E-state index contributed by atoms with van der Waals surface area (Å²) in [6, 6.07) is 14.6. The lowest BCUT2D eigenvalue weighted by atomic mass is 10.1. The summed E-state index contributed by atoms with van der Waals surface area (Å²) in [6.45, 7) is 0. The smallest absolute Gasteiger partial charge is 0.418 e. The number of nitrogens with one attached hydrogen (secondary N) is 2. The number of hydrogen-bond donors (Lipinski definition) is 2. The quantitative estimate of drug-likeness (QED) is 0.335. The van der Waals surface area contributed by atoms with Gasteiger partial charge in [0.05, 0.1) is 31.2 Å². The minimum atomic E-state index is -4.65. The van der Waals surface area contributed by atoms with E-state index in [1.54, 1.807) is 42.5 Å². The SMILES string of the molecule is COc1ccc(C(=O)Nc2ccc(SCC(=O)Nc3ccc(Cl)cc3C(F)(F)F)cc2)cc1OC. The molecule has 3 aromatic rings. The van der Waals surface area contributed by atoms with Gasteiger partial charge in [-0.25, -0.2) is 0 Å². The summed E-state index contributed by atoms with van der Waals surface area (Å²) in [5.41, 5.74) is -0.480. The fourth-order valence-electron chi connectivity index (χ4n) is 3.01. The molecule has 0 fully saturated rings. The number of ether oxygens (including phenoxy) is 2. The Balaban J connectivity index is 1.58. The second-order valence-electron chi connectivity index (χ2n) is 7.07. The van der Waals surface area contributed by atoms with Crippen LogP contribution in [-0.4, -0.2) is 31.8 Å². The third kappa shape index (κ3) is 7.06. The first kappa shape index (κ1) is 26.2. The Labute approximate surface area is 208 Å². The molecule has 0 saturated heterocycles. The predicted octanol–water partition coefficient (Wildman–Crippen LogP) is 6.36. The van der Waals surface area contributed by atoms with Crippen LogP contribution in [0.4, 0.5) is 24.5 Å². The number of carbonyl (C=O) groups is 2. The van der Waals surface area contributed by atoms with Gasteiger partial charge in [0.15, 0.2) is 11.5 Å². The van der Waals surface area contributed by atoms with Crippen molar-refractivity contribution < 1.29 is 32.2 Å². The molecule has 184 valence electrons. The molecule has 0 aliphatic heterocycles. The first-order valence-electron chi connectivity index (χ1n) is 10.0. The van der Waals surface area contributed by atoms with E-state index in [0.717, 1.165) is 23.9 Å². The van der Waals surface area contributed by atoms with Crippen molar-refractivity contribution in [2.45, 2.75) is 11.1 Å². The maximum Gasteiger partial charge on any atom is 0.418 e. The van der Waals surface area contributed by atoms with Crippen LogP contribution in [-0.2, 0) is 11.0 Å². The highest BCUT2D eigenvalue weighted by Crippen LogP contribution is 2.36. The number of hydrogen-bond acceptors (Lipinski definition) is 5. The van der Waals surface area contributed by atoms with E-state index in [-0.39, 0.29) is 22.4 Å². The molecule has 0 aromatic heterocycles. The maximum atomic E-state index is 13.2. The van der Waals surface area contributed by atoms with E-state index in [1.807, 2.05) is 0 Å². The Morgan fingerprint density at radius 2 is 1.60 bits per heavy atom. The van der Waals surface area contributed by atoms with Crippen LogP contribution in [0.2, 0.25) is 5.02 Å². The number of halogens is 4. The van der Waals surface area contributed by atoms with E-state index in [4.69, 9.17) is 21.1 Å². The molecule has 2 amide bonds. The molecule has 0 heterocycles. The number of benzene rings is 3. The number of methoxy groups -OCH3 is 2. The molecule has 11 heteroatoms. The molecule has 0 aliphatic carbocycles. The van der Waals surface area contributed by atoms with Gasteiger partial charge in [0, 0.05) is 21.2 Å². The topological polar surface area (TPSA) is 76.7 Å². The highest BCUT2D eigenvalue weighted by Gasteiger charge is 2.34. The minimum absolute atomic E-state index is 0.0805. The second kappa shape index (κ2) is 11.4. The standard InChI is InChI=1S/C24H20ClF3N2O4S/c1-33-20-10-3-14(11-21(20)34-2)23(32)29-16-5-7-17(8-6-16)35-13-22(31)30-19-9-4-15(25)12-18(19)24(26,27)28/h3-12H,13H2,1-2H3,(H,29,32)(H,30,31). The Morgan fingerprint density at radius 1 is 0.914 bits per heavy atom. The van der Waals surface area contributed by atoms with E-state index in [1.165, 1.54) is 20.3 Å². The van der Waals surface area contributed by atoms with E-state index in [0.29, 0.717) is 27.6 Å². The summed E-state index contributed by atoms with van der Waals surface area (Å²) >= 11 is 6.79. The third-order valence-electron chi connectivity index (χ3n) is 4.69. The predicted molar refractivity (Wildman–Crippen MR) is 130 cm³/mol. The van der Waals surface area contributed by atoms with Gasteiger partial charge in [0.1, 0.15) is 0 Å². The van der Waals surface area contributed by atoms with E-state index in [9.17, 15) is 22.8 Å². The third-order valence-corrected chi connectivity index (χ3v) is 5.94. The van der Waals surface area contributed by atoms with Crippen molar-refractivity contribution in [1.82, 2.24) is 0 Å². The number of anilines is 2. The number of rotatable bonds is 8. The summed E-state index contributed by atoms with van der Waals surface area (Å²) in [7, 11) is 2.97. The van der Waals surface area contributed by atoms with Gasteiger partial charge in [0.25, 0.3) is 5.91 Å². The maximum absolute atomic E-state index is 13.2. The van der Waals surface area contributed by atoms with Crippen molar-refractivity contribution in [1.29, 1.82) is 0 Å². The van der Waals surface area contributed by atoms with Crippen LogP contribution in [0.3, 0.4) is 0 Å². The van der Waals surface area contributed by atoms with Gasteiger partial charge in [-0.3, -0.25) is 9.59 Å². The second-order valence-corrected chi connectivity index (χ2v) is 8.56. The fourth-order valence-corrected chi connectivity index (χ4v) is 3.88. The van der Waals surface area contributed by atoms with E-state index >= 15 is 0 Å². The Bertz CT molecular complexity index is 1220. The Hall–Kier alpha value is -3.37. The molecule has 3 rings (SSSR count). The zero-order valence-corrected chi connectivity index (χ0v) is 20.1. The molecule has 0 atom stereocenters. The zero-order valence-electron chi connectivity index (χ0n) is 18.5. The molecule has 2 N–H and O–H groups in total.